The van der Waals surface area contributed by atoms with E-state index in [4.69, 9.17) is 22.4 Å². The minimum absolute atomic E-state index is 0.273. The summed E-state index contributed by atoms with van der Waals surface area (Å²) in [5.41, 5.74) is 7.24. The molecule has 4 nitrogen and oxygen atoms in total. The number of phenols is 1. The van der Waals surface area contributed by atoms with E-state index in [2.05, 4.69) is 10.3 Å². The van der Waals surface area contributed by atoms with Gasteiger partial charge in [0.25, 0.3) is 0 Å². The minimum Gasteiger partial charge on any atom is -0.508 e. The fourth-order valence-corrected chi connectivity index (χ4v) is 1.81. The zero-order chi connectivity index (χ0) is 13.0. The van der Waals surface area contributed by atoms with Crippen LogP contribution in [0.3, 0.4) is 0 Å². The first-order chi connectivity index (χ1) is 8.65. The van der Waals surface area contributed by atoms with Crippen molar-refractivity contribution in [3.05, 3.63) is 47.1 Å². The Kier molecular flexibility index (Phi) is 3.89. The topological polar surface area (TPSA) is 71.2 Å². The van der Waals surface area contributed by atoms with Gasteiger partial charge in [-0.05, 0) is 30.2 Å². The summed E-state index contributed by atoms with van der Waals surface area (Å²) in [5.74, 6) is 0.902. The molecular weight excluding hydrogens is 250 g/mol. The molecular formula is C13H14ClN3O. The smallest absolute Gasteiger partial charge is 0.144 e. The van der Waals surface area contributed by atoms with Gasteiger partial charge in [-0.2, -0.15) is 0 Å². The van der Waals surface area contributed by atoms with Crippen LogP contribution in [-0.2, 0) is 6.42 Å². The van der Waals surface area contributed by atoms with E-state index < -0.39 is 0 Å². The van der Waals surface area contributed by atoms with Crippen molar-refractivity contribution < 1.29 is 5.11 Å². The second-order valence-corrected chi connectivity index (χ2v) is 4.35. The van der Waals surface area contributed by atoms with Gasteiger partial charge in [0.2, 0.25) is 0 Å². The van der Waals surface area contributed by atoms with E-state index >= 15 is 0 Å². The molecule has 0 aliphatic heterocycles. The zero-order valence-electron chi connectivity index (χ0n) is 9.73. The lowest BCUT2D eigenvalue weighted by atomic mass is 10.1. The van der Waals surface area contributed by atoms with E-state index in [-0.39, 0.29) is 5.75 Å². The molecule has 2 aromatic rings. The van der Waals surface area contributed by atoms with Crippen molar-refractivity contribution >= 4 is 23.1 Å². The Morgan fingerprint density at radius 3 is 2.67 bits per heavy atom. The highest BCUT2D eigenvalue weighted by Gasteiger charge is 2.01. The number of anilines is 2. The summed E-state index contributed by atoms with van der Waals surface area (Å²) in [6.07, 6.45) is 2.39. The average molecular weight is 264 g/mol. The van der Waals surface area contributed by atoms with Crippen molar-refractivity contribution in [3.63, 3.8) is 0 Å². The monoisotopic (exact) mass is 263 g/mol. The molecule has 4 N–H and O–H groups in total. The highest BCUT2D eigenvalue weighted by atomic mass is 35.5. The first kappa shape index (κ1) is 12.5. The average Bonchev–Trinajstić information content (AvgIpc) is 2.34. The number of rotatable bonds is 4. The molecule has 0 fully saturated rings. The Bertz CT molecular complexity index is 528. The third kappa shape index (κ3) is 3.28. The van der Waals surface area contributed by atoms with Crippen LogP contribution in [0.15, 0.2) is 36.5 Å². The van der Waals surface area contributed by atoms with E-state index in [9.17, 15) is 0 Å². The van der Waals surface area contributed by atoms with Gasteiger partial charge in [-0.1, -0.05) is 23.7 Å². The summed E-state index contributed by atoms with van der Waals surface area (Å²) >= 11 is 5.99. The van der Waals surface area contributed by atoms with Crippen LogP contribution in [0.2, 0.25) is 5.02 Å². The maximum atomic E-state index is 9.17. The normalized spacial score (nSPS) is 10.3. The van der Waals surface area contributed by atoms with Crippen molar-refractivity contribution in [2.24, 2.45) is 0 Å². The van der Waals surface area contributed by atoms with Crippen molar-refractivity contribution in [1.82, 2.24) is 4.98 Å². The predicted octanol–water partition coefficient (Wildman–Crippen LogP) is 2.68. The van der Waals surface area contributed by atoms with Gasteiger partial charge in [0.05, 0.1) is 16.9 Å². The minimum atomic E-state index is 0.273. The molecule has 0 saturated carbocycles. The van der Waals surface area contributed by atoms with Gasteiger partial charge in [0, 0.05) is 6.54 Å². The van der Waals surface area contributed by atoms with E-state index in [1.54, 1.807) is 24.4 Å². The van der Waals surface area contributed by atoms with Gasteiger partial charge in [0.15, 0.2) is 0 Å². The fraction of sp³-hybridized carbons (Fsp3) is 0.154. The first-order valence-corrected chi connectivity index (χ1v) is 5.96. The molecule has 94 valence electrons. The SMILES string of the molecule is Nc1cnc(NCCc2ccc(O)cc2)c(Cl)c1. The Morgan fingerprint density at radius 2 is 2.00 bits per heavy atom. The number of nitrogens with zero attached hydrogens (tertiary/aromatic N) is 1. The van der Waals surface area contributed by atoms with Crippen LogP contribution in [-0.4, -0.2) is 16.6 Å². The van der Waals surface area contributed by atoms with Crippen LogP contribution in [0, 0.1) is 0 Å². The molecule has 0 amide bonds. The Hall–Kier alpha value is -1.94. The van der Waals surface area contributed by atoms with Crippen LogP contribution in [0.1, 0.15) is 5.56 Å². The van der Waals surface area contributed by atoms with E-state index in [1.807, 2.05) is 12.1 Å². The zero-order valence-corrected chi connectivity index (χ0v) is 10.5. The summed E-state index contributed by atoms with van der Waals surface area (Å²) < 4.78 is 0. The lowest BCUT2D eigenvalue weighted by Crippen LogP contribution is -2.07. The van der Waals surface area contributed by atoms with Gasteiger partial charge < -0.3 is 16.2 Å². The van der Waals surface area contributed by atoms with Gasteiger partial charge in [-0.15, -0.1) is 0 Å². The van der Waals surface area contributed by atoms with Gasteiger partial charge in [-0.25, -0.2) is 4.98 Å². The molecule has 5 heteroatoms. The standard InChI is InChI=1S/C13H14ClN3O/c14-12-7-10(15)8-17-13(12)16-6-5-9-1-3-11(18)4-2-9/h1-4,7-8,18H,5-6,15H2,(H,16,17). The molecule has 0 bridgehead atoms. The molecule has 1 aromatic heterocycles. The van der Waals surface area contributed by atoms with Gasteiger partial charge in [-0.3, -0.25) is 0 Å². The number of nitrogens with two attached hydrogens (primary N) is 1. The van der Waals surface area contributed by atoms with E-state index in [1.165, 1.54) is 0 Å². The summed E-state index contributed by atoms with van der Waals surface area (Å²) in [4.78, 5) is 4.12. The molecule has 0 atom stereocenters. The fourth-order valence-electron chi connectivity index (χ4n) is 1.57. The summed E-state index contributed by atoms with van der Waals surface area (Å²) in [6, 6.07) is 8.77. The number of halogens is 1. The largest absolute Gasteiger partial charge is 0.508 e. The second kappa shape index (κ2) is 5.60. The van der Waals surface area contributed by atoms with Crippen molar-refractivity contribution in [2.45, 2.75) is 6.42 Å². The Morgan fingerprint density at radius 1 is 1.28 bits per heavy atom. The molecule has 0 unspecified atom stereocenters. The van der Waals surface area contributed by atoms with Gasteiger partial charge in [0.1, 0.15) is 11.6 Å². The van der Waals surface area contributed by atoms with Crippen molar-refractivity contribution in [2.75, 3.05) is 17.6 Å². The lowest BCUT2D eigenvalue weighted by molar-refractivity contribution is 0.475. The molecule has 0 aliphatic rings. The number of aromatic nitrogens is 1. The van der Waals surface area contributed by atoms with Crippen LogP contribution >= 0.6 is 11.6 Å². The number of pyridine rings is 1. The molecule has 18 heavy (non-hydrogen) atoms. The predicted molar refractivity (Wildman–Crippen MR) is 74.0 cm³/mol. The van der Waals surface area contributed by atoms with Gasteiger partial charge >= 0.3 is 0 Å². The summed E-state index contributed by atoms with van der Waals surface area (Å²) in [6.45, 7) is 0.710. The van der Waals surface area contributed by atoms with Crippen molar-refractivity contribution in [3.8, 4) is 5.75 Å². The highest BCUT2D eigenvalue weighted by Crippen LogP contribution is 2.20. The molecule has 1 aromatic carbocycles. The van der Waals surface area contributed by atoms with Crippen LogP contribution in [0.5, 0.6) is 5.75 Å². The number of nitrogens with one attached hydrogen (secondary N) is 1. The number of benzene rings is 1. The van der Waals surface area contributed by atoms with Crippen molar-refractivity contribution in [1.29, 1.82) is 0 Å². The van der Waals surface area contributed by atoms with E-state index in [0.717, 1.165) is 12.0 Å². The molecule has 0 spiro atoms. The second-order valence-electron chi connectivity index (χ2n) is 3.94. The highest BCUT2D eigenvalue weighted by molar-refractivity contribution is 6.33. The first-order valence-electron chi connectivity index (χ1n) is 5.58. The number of hydrogen-bond acceptors (Lipinski definition) is 4. The van der Waals surface area contributed by atoms with E-state index in [0.29, 0.717) is 23.1 Å². The molecule has 0 radical (unpaired) electrons. The maximum absolute atomic E-state index is 9.17. The Balaban J connectivity index is 1.90. The lowest BCUT2D eigenvalue weighted by Gasteiger charge is -2.07. The molecule has 0 saturated heterocycles. The number of phenolic OH excluding ortho intramolecular Hbond substituents is 1. The van der Waals surface area contributed by atoms with Crippen LogP contribution in [0.4, 0.5) is 11.5 Å². The summed E-state index contributed by atoms with van der Waals surface area (Å²) in [7, 11) is 0. The summed E-state index contributed by atoms with van der Waals surface area (Å²) in [5, 5.41) is 12.8. The molecule has 0 aliphatic carbocycles. The van der Waals surface area contributed by atoms with Crippen LogP contribution in [0.25, 0.3) is 0 Å². The maximum Gasteiger partial charge on any atom is 0.144 e. The Labute approximate surface area is 110 Å². The number of nitrogen functional groups attached to an aromatic ring is 1. The van der Waals surface area contributed by atoms with Crippen LogP contribution < -0.4 is 11.1 Å². The third-order valence-corrected chi connectivity index (χ3v) is 2.79. The third-order valence-electron chi connectivity index (χ3n) is 2.50. The number of hydrogen-bond donors (Lipinski definition) is 3. The quantitative estimate of drug-likeness (QED) is 0.793. The number of aromatic hydroxyl groups is 1. The molecule has 2 rings (SSSR count). The molecule has 1 heterocycles.